The van der Waals surface area contributed by atoms with Crippen molar-refractivity contribution in [3.05, 3.63) is 105 Å². The molecule has 132 valence electrons. The first-order valence-corrected chi connectivity index (χ1v) is 8.82. The average Bonchev–Trinajstić information content (AvgIpc) is 2.60. The lowest BCUT2D eigenvalue weighted by Crippen LogP contribution is -2.24. The zero-order valence-electron chi connectivity index (χ0n) is 13.8. The quantitative estimate of drug-likeness (QED) is 0.601. The Labute approximate surface area is 161 Å². The second kappa shape index (κ2) is 8.35. The Bertz CT molecular complexity index is 905. The fourth-order valence-corrected chi connectivity index (χ4v) is 3.28. The van der Waals surface area contributed by atoms with Crippen molar-refractivity contribution in [2.24, 2.45) is 0 Å². The number of amides is 1. The molecule has 0 unspecified atom stereocenters. The summed E-state index contributed by atoms with van der Waals surface area (Å²) < 4.78 is 13.0. The van der Waals surface area contributed by atoms with Gasteiger partial charge >= 0.3 is 0 Å². The third-order valence-electron chi connectivity index (χ3n) is 3.95. The van der Waals surface area contributed by atoms with Gasteiger partial charge in [0.1, 0.15) is 5.82 Å². The maximum atomic E-state index is 13.0. The largest absolute Gasteiger partial charge is 0.348 e. The lowest BCUT2D eigenvalue weighted by molar-refractivity contribution is 0.0950. The average molecular weight is 388 g/mol. The van der Waals surface area contributed by atoms with E-state index in [9.17, 15) is 9.18 Å². The van der Waals surface area contributed by atoms with Gasteiger partial charge in [-0.2, -0.15) is 0 Å². The first kappa shape index (κ1) is 18.4. The molecule has 0 aliphatic rings. The molecule has 0 aliphatic heterocycles. The van der Waals surface area contributed by atoms with E-state index in [0.29, 0.717) is 28.6 Å². The molecule has 2 nitrogen and oxygen atoms in total. The van der Waals surface area contributed by atoms with Crippen molar-refractivity contribution >= 4 is 29.1 Å². The number of benzene rings is 3. The van der Waals surface area contributed by atoms with Gasteiger partial charge in [-0.1, -0.05) is 53.5 Å². The van der Waals surface area contributed by atoms with Crippen LogP contribution in [-0.2, 0) is 13.0 Å². The summed E-state index contributed by atoms with van der Waals surface area (Å²) in [5, 5.41) is 3.99. The number of hydrogen-bond acceptors (Lipinski definition) is 1. The zero-order valence-corrected chi connectivity index (χ0v) is 15.3. The molecule has 3 aromatic carbocycles. The summed E-state index contributed by atoms with van der Waals surface area (Å²) in [5.41, 5.74) is 3.23. The topological polar surface area (TPSA) is 29.1 Å². The van der Waals surface area contributed by atoms with E-state index in [-0.39, 0.29) is 11.7 Å². The van der Waals surface area contributed by atoms with Crippen LogP contribution >= 0.6 is 23.2 Å². The SMILES string of the molecule is O=C(NCc1ccc(F)cc1)c1ccccc1Cc1cc(Cl)cc(Cl)c1. The minimum atomic E-state index is -0.300. The molecule has 3 aromatic rings. The molecule has 26 heavy (non-hydrogen) atoms. The Balaban J connectivity index is 1.75. The van der Waals surface area contributed by atoms with Gasteiger partial charge in [-0.25, -0.2) is 4.39 Å². The van der Waals surface area contributed by atoms with E-state index in [1.54, 1.807) is 24.3 Å². The molecule has 0 heterocycles. The van der Waals surface area contributed by atoms with Crippen LogP contribution in [0.2, 0.25) is 10.0 Å². The molecule has 0 aromatic heterocycles. The van der Waals surface area contributed by atoms with Gasteiger partial charge in [-0.05, 0) is 59.5 Å². The molecule has 0 saturated heterocycles. The van der Waals surface area contributed by atoms with Crippen molar-refractivity contribution in [3.8, 4) is 0 Å². The lowest BCUT2D eigenvalue weighted by atomic mass is 9.99. The van der Waals surface area contributed by atoms with Crippen LogP contribution in [0.3, 0.4) is 0 Å². The molecule has 1 N–H and O–H groups in total. The van der Waals surface area contributed by atoms with Crippen molar-refractivity contribution < 1.29 is 9.18 Å². The van der Waals surface area contributed by atoms with Crippen molar-refractivity contribution in [1.29, 1.82) is 0 Å². The molecular formula is C21H16Cl2FNO. The van der Waals surface area contributed by atoms with Gasteiger partial charge in [0.2, 0.25) is 0 Å². The Kier molecular flexibility index (Phi) is 5.92. The molecule has 3 rings (SSSR count). The molecule has 0 radical (unpaired) electrons. The highest BCUT2D eigenvalue weighted by molar-refractivity contribution is 6.34. The maximum absolute atomic E-state index is 13.0. The second-order valence-electron chi connectivity index (χ2n) is 5.92. The number of halogens is 3. The van der Waals surface area contributed by atoms with Crippen LogP contribution < -0.4 is 5.32 Å². The molecule has 0 bridgehead atoms. The number of carbonyl (C=O) groups excluding carboxylic acids is 1. The highest BCUT2D eigenvalue weighted by Gasteiger charge is 2.12. The van der Waals surface area contributed by atoms with Crippen molar-refractivity contribution in [2.75, 3.05) is 0 Å². The lowest BCUT2D eigenvalue weighted by Gasteiger charge is -2.11. The highest BCUT2D eigenvalue weighted by atomic mass is 35.5. The van der Waals surface area contributed by atoms with Gasteiger partial charge in [0, 0.05) is 22.2 Å². The second-order valence-corrected chi connectivity index (χ2v) is 6.79. The molecule has 0 saturated carbocycles. The Morgan fingerprint density at radius 2 is 1.54 bits per heavy atom. The van der Waals surface area contributed by atoms with Gasteiger partial charge in [-0.15, -0.1) is 0 Å². The maximum Gasteiger partial charge on any atom is 0.251 e. The zero-order chi connectivity index (χ0) is 18.5. The van der Waals surface area contributed by atoms with Crippen molar-refractivity contribution in [1.82, 2.24) is 5.32 Å². The summed E-state index contributed by atoms with van der Waals surface area (Å²) in [7, 11) is 0. The Morgan fingerprint density at radius 1 is 0.885 bits per heavy atom. The standard InChI is InChI=1S/C21H16Cl2FNO/c22-17-10-15(11-18(23)12-17)9-16-3-1-2-4-20(16)21(26)25-13-14-5-7-19(24)8-6-14/h1-8,10-12H,9,13H2,(H,25,26). The smallest absolute Gasteiger partial charge is 0.251 e. The summed E-state index contributed by atoms with van der Waals surface area (Å²) in [6.45, 7) is 0.330. The molecule has 5 heteroatoms. The van der Waals surface area contributed by atoms with E-state index in [2.05, 4.69) is 5.32 Å². The number of carbonyl (C=O) groups is 1. The highest BCUT2D eigenvalue weighted by Crippen LogP contribution is 2.22. The molecule has 1 amide bonds. The van der Waals surface area contributed by atoms with E-state index in [4.69, 9.17) is 23.2 Å². The fourth-order valence-electron chi connectivity index (χ4n) is 2.71. The molecule has 0 fully saturated rings. The van der Waals surface area contributed by atoms with Crippen molar-refractivity contribution in [3.63, 3.8) is 0 Å². The summed E-state index contributed by atoms with van der Waals surface area (Å²) in [4.78, 5) is 12.6. The third kappa shape index (κ3) is 4.84. The van der Waals surface area contributed by atoms with Gasteiger partial charge < -0.3 is 5.32 Å². The van der Waals surface area contributed by atoms with Crippen LogP contribution in [-0.4, -0.2) is 5.91 Å². The van der Waals surface area contributed by atoms with Crippen LogP contribution in [0.15, 0.2) is 66.7 Å². The number of rotatable bonds is 5. The van der Waals surface area contributed by atoms with Crippen LogP contribution in [0.25, 0.3) is 0 Å². The molecule has 0 spiro atoms. The van der Waals surface area contributed by atoms with E-state index in [1.807, 2.05) is 30.3 Å². The summed E-state index contributed by atoms with van der Waals surface area (Å²) in [5.74, 6) is -0.483. The van der Waals surface area contributed by atoms with Gasteiger partial charge in [-0.3, -0.25) is 4.79 Å². The molecular weight excluding hydrogens is 372 g/mol. The van der Waals surface area contributed by atoms with Crippen LogP contribution in [0.5, 0.6) is 0 Å². The number of nitrogens with one attached hydrogen (secondary N) is 1. The predicted molar refractivity (Wildman–Crippen MR) is 103 cm³/mol. The molecule has 0 aliphatic carbocycles. The fraction of sp³-hybridized carbons (Fsp3) is 0.0952. The van der Waals surface area contributed by atoms with Crippen LogP contribution in [0, 0.1) is 5.82 Å². The minimum absolute atomic E-state index is 0.182. The molecule has 0 atom stereocenters. The van der Waals surface area contributed by atoms with Crippen molar-refractivity contribution in [2.45, 2.75) is 13.0 Å². The van der Waals surface area contributed by atoms with Gasteiger partial charge in [0.05, 0.1) is 0 Å². The third-order valence-corrected chi connectivity index (χ3v) is 4.38. The Morgan fingerprint density at radius 3 is 2.23 bits per heavy atom. The van der Waals surface area contributed by atoms with E-state index in [1.165, 1.54) is 12.1 Å². The van der Waals surface area contributed by atoms with E-state index >= 15 is 0 Å². The summed E-state index contributed by atoms with van der Waals surface area (Å²) >= 11 is 12.1. The normalized spacial score (nSPS) is 10.6. The van der Waals surface area contributed by atoms with Crippen LogP contribution in [0.1, 0.15) is 27.0 Å². The first-order valence-electron chi connectivity index (χ1n) is 8.07. The number of hydrogen-bond donors (Lipinski definition) is 1. The van der Waals surface area contributed by atoms with Gasteiger partial charge in [0.15, 0.2) is 0 Å². The van der Waals surface area contributed by atoms with E-state index in [0.717, 1.165) is 16.7 Å². The first-order chi connectivity index (χ1) is 12.5. The Hall–Kier alpha value is -2.36. The van der Waals surface area contributed by atoms with E-state index < -0.39 is 0 Å². The monoisotopic (exact) mass is 387 g/mol. The van der Waals surface area contributed by atoms with Crippen LogP contribution in [0.4, 0.5) is 4.39 Å². The minimum Gasteiger partial charge on any atom is -0.348 e. The predicted octanol–water partition coefficient (Wildman–Crippen LogP) is 5.65. The van der Waals surface area contributed by atoms with Gasteiger partial charge in [0.25, 0.3) is 5.91 Å². The summed E-state index contributed by atoms with van der Waals surface area (Å²) in [6, 6.07) is 18.8. The summed E-state index contributed by atoms with van der Waals surface area (Å²) in [6.07, 6.45) is 0.542.